The molecule has 0 saturated heterocycles. The van der Waals surface area contributed by atoms with Crippen LogP contribution in [0, 0.1) is 6.92 Å². The summed E-state index contributed by atoms with van der Waals surface area (Å²) in [7, 11) is 0. The number of rotatable bonds is 4. The lowest BCUT2D eigenvalue weighted by Gasteiger charge is -2.18. The Bertz CT molecular complexity index is 421. The first-order chi connectivity index (χ1) is 8.58. The number of carbonyl (C=O) groups is 1. The molecule has 3 nitrogen and oxygen atoms in total. The van der Waals surface area contributed by atoms with Crippen LogP contribution in [0.4, 0.5) is 0 Å². The monoisotopic (exact) mass is 267 g/mol. The zero-order valence-corrected chi connectivity index (χ0v) is 11.9. The highest BCUT2D eigenvalue weighted by Crippen LogP contribution is 2.38. The van der Waals surface area contributed by atoms with Gasteiger partial charge < -0.3 is 5.11 Å². The number of hydrogen-bond acceptors (Lipinski definition) is 3. The maximum atomic E-state index is 10.8. The summed E-state index contributed by atoms with van der Waals surface area (Å²) in [6, 6.07) is 0. The molecule has 18 heavy (non-hydrogen) atoms. The van der Waals surface area contributed by atoms with E-state index < -0.39 is 5.97 Å². The fourth-order valence-electron chi connectivity index (χ4n) is 2.77. The van der Waals surface area contributed by atoms with Crippen molar-refractivity contribution in [3.05, 3.63) is 15.6 Å². The Balaban J connectivity index is 2.12. The molecule has 0 spiro atoms. The van der Waals surface area contributed by atoms with Gasteiger partial charge in [0, 0.05) is 16.7 Å². The summed E-state index contributed by atoms with van der Waals surface area (Å²) < 4.78 is 0. The molecule has 1 N–H and O–H groups in total. The molecule has 0 bridgehead atoms. The molecule has 1 aliphatic rings. The van der Waals surface area contributed by atoms with Crippen molar-refractivity contribution in [1.29, 1.82) is 0 Å². The normalized spacial score (nSPS) is 18.8. The van der Waals surface area contributed by atoms with Gasteiger partial charge in [0.2, 0.25) is 0 Å². The Hall–Kier alpha value is -0.900. The van der Waals surface area contributed by atoms with Crippen LogP contribution in [0.2, 0.25) is 0 Å². The number of aromatic nitrogens is 1. The van der Waals surface area contributed by atoms with Crippen molar-refractivity contribution in [1.82, 2.24) is 4.98 Å². The summed E-state index contributed by atoms with van der Waals surface area (Å²) in [5.41, 5.74) is 1.04. The van der Waals surface area contributed by atoms with Gasteiger partial charge >= 0.3 is 5.97 Å². The van der Waals surface area contributed by atoms with E-state index >= 15 is 0 Å². The van der Waals surface area contributed by atoms with Crippen molar-refractivity contribution in [2.75, 3.05) is 0 Å². The molecule has 1 aromatic heterocycles. The number of hydrogen-bond donors (Lipinski definition) is 1. The number of carboxylic acid groups (broad SMARTS) is 1. The Morgan fingerprint density at radius 2 is 2.11 bits per heavy atom. The summed E-state index contributed by atoms with van der Waals surface area (Å²) in [5.74, 6) is -0.0277. The van der Waals surface area contributed by atoms with Crippen LogP contribution in [0.5, 0.6) is 0 Å². The van der Waals surface area contributed by atoms with Gasteiger partial charge in [-0.2, -0.15) is 0 Å². The molecule has 1 heterocycles. The highest BCUT2D eigenvalue weighted by molar-refractivity contribution is 7.12. The molecule has 1 aliphatic carbocycles. The fourth-order valence-corrected chi connectivity index (χ4v) is 4.05. The van der Waals surface area contributed by atoms with Crippen LogP contribution >= 0.6 is 11.3 Å². The number of carboxylic acids is 1. The summed E-state index contributed by atoms with van der Waals surface area (Å²) in [6.45, 7) is 4.00. The first kappa shape index (κ1) is 13.5. The Kier molecular flexibility index (Phi) is 4.38. The third kappa shape index (κ3) is 3.10. The predicted octanol–water partition coefficient (Wildman–Crippen LogP) is 4.08. The topological polar surface area (TPSA) is 50.2 Å². The molecule has 0 aromatic carbocycles. The molecule has 1 atom stereocenters. The van der Waals surface area contributed by atoms with E-state index in [0.29, 0.717) is 5.92 Å². The lowest BCUT2D eigenvalue weighted by atomic mass is 9.90. The Labute approximate surface area is 112 Å². The third-order valence-electron chi connectivity index (χ3n) is 3.73. The highest BCUT2D eigenvalue weighted by atomic mass is 32.1. The van der Waals surface area contributed by atoms with Gasteiger partial charge in [-0.3, -0.25) is 4.79 Å². The minimum absolute atomic E-state index is 0.0809. The van der Waals surface area contributed by atoms with Crippen molar-refractivity contribution < 1.29 is 9.90 Å². The standard InChI is InChI=1S/C14H21NO2S/c1-9(8-12(16)17)13-10(2)15-14(18-13)11-6-4-3-5-7-11/h9,11H,3-8H2,1-2H3,(H,16,17). The molecular formula is C14H21NO2S. The molecule has 0 radical (unpaired) electrons. The van der Waals surface area contributed by atoms with Crippen LogP contribution in [-0.4, -0.2) is 16.1 Å². The zero-order chi connectivity index (χ0) is 13.1. The van der Waals surface area contributed by atoms with E-state index in [4.69, 9.17) is 5.11 Å². The van der Waals surface area contributed by atoms with E-state index in [1.54, 1.807) is 11.3 Å². The second-order valence-corrected chi connectivity index (χ2v) is 6.40. The molecule has 0 amide bonds. The van der Waals surface area contributed by atoms with Crippen LogP contribution < -0.4 is 0 Å². The molecular weight excluding hydrogens is 246 g/mol. The van der Waals surface area contributed by atoms with Gasteiger partial charge in [0.05, 0.1) is 17.1 Å². The quantitative estimate of drug-likeness (QED) is 0.894. The third-order valence-corrected chi connectivity index (χ3v) is 5.28. The lowest BCUT2D eigenvalue weighted by Crippen LogP contribution is -2.03. The maximum absolute atomic E-state index is 10.8. The molecule has 2 rings (SSSR count). The minimum Gasteiger partial charge on any atom is -0.481 e. The van der Waals surface area contributed by atoms with E-state index in [1.807, 2.05) is 13.8 Å². The van der Waals surface area contributed by atoms with Crippen molar-refractivity contribution in [3.8, 4) is 0 Å². The van der Waals surface area contributed by atoms with E-state index in [9.17, 15) is 4.79 Å². The molecule has 1 aromatic rings. The van der Waals surface area contributed by atoms with Gasteiger partial charge in [0.1, 0.15) is 0 Å². The van der Waals surface area contributed by atoms with Gasteiger partial charge in [0.25, 0.3) is 0 Å². The van der Waals surface area contributed by atoms with E-state index in [0.717, 1.165) is 10.6 Å². The van der Waals surface area contributed by atoms with Gasteiger partial charge in [-0.15, -0.1) is 11.3 Å². The summed E-state index contributed by atoms with van der Waals surface area (Å²) >= 11 is 1.74. The maximum Gasteiger partial charge on any atom is 0.303 e. The minimum atomic E-state index is -0.727. The summed E-state index contributed by atoms with van der Waals surface area (Å²) in [4.78, 5) is 16.6. The SMILES string of the molecule is Cc1nc(C2CCCCC2)sc1C(C)CC(=O)O. The summed E-state index contributed by atoms with van der Waals surface area (Å²) in [5, 5.41) is 10.1. The van der Waals surface area contributed by atoms with E-state index in [-0.39, 0.29) is 12.3 Å². The smallest absolute Gasteiger partial charge is 0.303 e. The van der Waals surface area contributed by atoms with Crippen LogP contribution in [-0.2, 0) is 4.79 Å². The van der Waals surface area contributed by atoms with Crippen molar-refractivity contribution >= 4 is 17.3 Å². The van der Waals surface area contributed by atoms with Crippen LogP contribution in [0.3, 0.4) is 0 Å². The average molecular weight is 267 g/mol. The Morgan fingerprint density at radius 1 is 1.44 bits per heavy atom. The molecule has 1 unspecified atom stereocenters. The van der Waals surface area contributed by atoms with E-state index in [2.05, 4.69) is 4.98 Å². The van der Waals surface area contributed by atoms with Gasteiger partial charge in [-0.1, -0.05) is 26.2 Å². The van der Waals surface area contributed by atoms with Crippen LogP contribution in [0.15, 0.2) is 0 Å². The molecule has 100 valence electrons. The number of nitrogens with zero attached hydrogens (tertiary/aromatic N) is 1. The Morgan fingerprint density at radius 3 is 2.72 bits per heavy atom. The second kappa shape index (κ2) is 5.83. The van der Waals surface area contributed by atoms with Crippen LogP contribution in [0.1, 0.15) is 72.9 Å². The average Bonchev–Trinajstić information content (AvgIpc) is 2.72. The molecule has 1 saturated carbocycles. The van der Waals surface area contributed by atoms with Gasteiger partial charge in [0.15, 0.2) is 0 Å². The van der Waals surface area contributed by atoms with Crippen LogP contribution in [0.25, 0.3) is 0 Å². The second-order valence-electron chi connectivity index (χ2n) is 5.34. The van der Waals surface area contributed by atoms with Gasteiger partial charge in [-0.25, -0.2) is 4.98 Å². The van der Waals surface area contributed by atoms with Crippen molar-refractivity contribution in [2.24, 2.45) is 0 Å². The largest absolute Gasteiger partial charge is 0.481 e. The highest BCUT2D eigenvalue weighted by Gasteiger charge is 2.22. The predicted molar refractivity (Wildman–Crippen MR) is 73.3 cm³/mol. The molecule has 0 aliphatic heterocycles. The first-order valence-corrected chi connectivity index (χ1v) is 7.58. The van der Waals surface area contributed by atoms with E-state index in [1.165, 1.54) is 37.1 Å². The van der Waals surface area contributed by atoms with Crippen molar-refractivity contribution in [3.63, 3.8) is 0 Å². The van der Waals surface area contributed by atoms with Crippen molar-refractivity contribution in [2.45, 2.75) is 64.2 Å². The van der Waals surface area contributed by atoms with Gasteiger partial charge in [-0.05, 0) is 19.8 Å². The molecule has 4 heteroatoms. The first-order valence-electron chi connectivity index (χ1n) is 6.77. The lowest BCUT2D eigenvalue weighted by molar-refractivity contribution is -0.137. The summed E-state index contributed by atoms with van der Waals surface area (Å²) in [6.07, 6.45) is 6.67. The number of thiazole rings is 1. The zero-order valence-electron chi connectivity index (χ0n) is 11.1. The fraction of sp³-hybridized carbons (Fsp3) is 0.714. The molecule has 1 fully saturated rings. The number of aliphatic carboxylic acids is 1. The number of aryl methyl sites for hydroxylation is 1.